The van der Waals surface area contributed by atoms with E-state index in [1.54, 1.807) is 19.2 Å². The summed E-state index contributed by atoms with van der Waals surface area (Å²) in [5.74, 6) is 0.455. The highest BCUT2D eigenvalue weighted by atomic mass is 79.9. The van der Waals surface area contributed by atoms with Crippen molar-refractivity contribution in [2.45, 2.75) is 10.9 Å². The molecule has 0 radical (unpaired) electrons. The molecule has 3 aromatic rings. The first kappa shape index (κ1) is 17.6. The number of halogens is 2. The third-order valence-electron chi connectivity index (χ3n) is 3.40. The quantitative estimate of drug-likeness (QED) is 0.629. The lowest BCUT2D eigenvalue weighted by Crippen LogP contribution is -2.24. The van der Waals surface area contributed by atoms with E-state index in [1.807, 2.05) is 24.3 Å². The monoisotopic (exact) mass is 420 g/mol. The molecule has 0 saturated heterocycles. The third kappa shape index (κ3) is 4.46. The van der Waals surface area contributed by atoms with E-state index in [9.17, 15) is 9.18 Å². The molecule has 0 aliphatic rings. The highest BCUT2D eigenvalue weighted by Gasteiger charge is 2.10. The van der Waals surface area contributed by atoms with Gasteiger partial charge in [-0.1, -0.05) is 45.9 Å². The van der Waals surface area contributed by atoms with Crippen LogP contribution in [0.5, 0.6) is 0 Å². The standard InChI is InChI=1S/C17H14BrFN4OS/c1-23-16(24)15(20-14-4-2-3-12(18)9-14)21-22-17(23)25-10-11-5-7-13(19)8-6-11/h2-9H,10H2,1H3,(H,20,21). The summed E-state index contributed by atoms with van der Waals surface area (Å²) in [5, 5.41) is 11.6. The van der Waals surface area contributed by atoms with Gasteiger partial charge in [0.1, 0.15) is 5.82 Å². The van der Waals surface area contributed by atoms with Crippen LogP contribution in [-0.2, 0) is 12.8 Å². The molecule has 0 saturated carbocycles. The number of hydrogen-bond donors (Lipinski definition) is 1. The van der Waals surface area contributed by atoms with E-state index < -0.39 is 0 Å². The maximum atomic E-state index is 12.9. The van der Waals surface area contributed by atoms with Gasteiger partial charge in [-0.05, 0) is 35.9 Å². The molecule has 0 fully saturated rings. The number of anilines is 2. The first-order chi connectivity index (χ1) is 12.0. The van der Waals surface area contributed by atoms with Gasteiger partial charge < -0.3 is 5.32 Å². The van der Waals surface area contributed by atoms with Gasteiger partial charge in [0.2, 0.25) is 5.82 Å². The Morgan fingerprint density at radius 3 is 2.68 bits per heavy atom. The first-order valence-electron chi connectivity index (χ1n) is 7.36. The number of rotatable bonds is 5. The van der Waals surface area contributed by atoms with Crippen molar-refractivity contribution >= 4 is 39.2 Å². The topological polar surface area (TPSA) is 59.8 Å². The molecule has 2 aromatic carbocycles. The largest absolute Gasteiger partial charge is 0.334 e. The second-order valence-electron chi connectivity index (χ2n) is 5.25. The maximum Gasteiger partial charge on any atom is 0.297 e. The Labute approximate surface area is 156 Å². The highest BCUT2D eigenvalue weighted by molar-refractivity contribution is 9.10. The van der Waals surface area contributed by atoms with Crippen molar-refractivity contribution in [1.29, 1.82) is 0 Å². The lowest BCUT2D eigenvalue weighted by Gasteiger charge is -2.09. The van der Waals surface area contributed by atoms with Gasteiger partial charge in [0.05, 0.1) is 0 Å². The van der Waals surface area contributed by atoms with Gasteiger partial charge in [-0.25, -0.2) is 4.39 Å². The second-order valence-corrected chi connectivity index (χ2v) is 7.10. The van der Waals surface area contributed by atoms with E-state index in [4.69, 9.17) is 0 Å². The number of nitrogens with zero attached hydrogens (tertiary/aromatic N) is 3. The second kappa shape index (κ2) is 7.79. The molecule has 8 heteroatoms. The Morgan fingerprint density at radius 2 is 1.96 bits per heavy atom. The molecule has 0 aliphatic carbocycles. The minimum atomic E-state index is -0.274. The van der Waals surface area contributed by atoms with Gasteiger partial charge in [-0.15, -0.1) is 10.2 Å². The molecular formula is C17H14BrFN4OS. The molecule has 5 nitrogen and oxygen atoms in total. The fourth-order valence-electron chi connectivity index (χ4n) is 2.08. The number of aromatic nitrogens is 3. The van der Waals surface area contributed by atoms with Crippen molar-refractivity contribution in [3.05, 3.63) is 74.7 Å². The molecule has 0 amide bonds. The van der Waals surface area contributed by atoms with Crippen molar-refractivity contribution in [2.24, 2.45) is 7.05 Å². The normalized spacial score (nSPS) is 10.7. The molecule has 128 valence electrons. The van der Waals surface area contributed by atoms with Crippen molar-refractivity contribution in [3.63, 3.8) is 0 Å². The Bertz CT molecular complexity index is 946. The molecule has 1 N–H and O–H groups in total. The lowest BCUT2D eigenvalue weighted by atomic mass is 10.2. The summed E-state index contributed by atoms with van der Waals surface area (Å²) in [4.78, 5) is 12.5. The zero-order valence-corrected chi connectivity index (χ0v) is 15.6. The average molecular weight is 421 g/mol. The summed E-state index contributed by atoms with van der Waals surface area (Å²) >= 11 is 4.75. The van der Waals surface area contributed by atoms with Crippen molar-refractivity contribution in [1.82, 2.24) is 14.8 Å². The lowest BCUT2D eigenvalue weighted by molar-refractivity contribution is 0.627. The van der Waals surface area contributed by atoms with Crippen LogP contribution in [0.15, 0.2) is 63.0 Å². The molecule has 0 bridgehead atoms. The number of thioether (sulfide) groups is 1. The molecule has 0 aliphatic heterocycles. The van der Waals surface area contributed by atoms with E-state index in [1.165, 1.54) is 28.5 Å². The smallest absolute Gasteiger partial charge is 0.297 e. The Morgan fingerprint density at radius 1 is 1.20 bits per heavy atom. The van der Waals surface area contributed by atoms with Crippen LogP contribution in [0.4, 0.5) is 15.9 Å². The Kier molecular flexibility index (Phi) is 5.50. The number of hydrogen-bond acceptors (Lipinski definition) is 5. The van der Waals surface area contributed by atoms with Gasteiger partial charge in [0.25, 0.3) is 5.56 Å². The average Bonchev–Trinajstić information content (AvgIpc) is 2.60. The highest BCUT2D eigenvalue weighted by Crippen LogP contribution is 2.21. The van der Waals surface area contributed by atoms with E-state index in [2.05, 4.69) is 31.4 Å². The predicted octanol–water partition coefficient (Wildman–Crippen LogP) is 4.11. The Balaban J connectivity index is 1.75. The van der Waals surface area contributed by atoms with Crippen molar-refractivity contribution < 1.29 is 4.39 Å². The summed E-state index contributed by atoms with van der Waals surface area (Å²) in [6, 6.07) is 13.7. The molecule has 3 rings (SSSR count). The molecule has 0 atom stereocenters. The minimum Gasteiger partial charge on any atom is -0.334 e. The summed E-state index contributed by atoms with van der Waals surface area (Å²) in [6.45, 7) is 0. The van der Waals surface area contributed by atoms with Crippen LogP contribution in [0.1, 0.15) is 5.56 Å². The van der Waals surface area contributed by atoms with Gasteiger partial charge in [0.15, 0.2) is 5.16 Å². The predicted molar refractivity (Wildman–Crippen MR) is 101 cm³/mol. The van der Waals surface area contributed by atoms with Gasteiger partial charge >= 0.3 is 0 Å². The summed E-state index contributed by atoms with van der Waals surface area (Å²) in [5.41, 5.74) is 1.42. The molecule has 1 heterocycles. The van der Waals surface area contributed by atoms with Crippen LogP contribution in [0.25, 0.3) is 0 Å². The summed E-state index contributed by atoms with van der Waals surface area (Å²) in [6.07, 6.45) is 0. The fourth-order valence-corrected chi connectivity index (χ4v) is 3.35. The van der Waals surface area contributed by atoms with Gasteiger partial charge in [-0.3, -0.25) is 9.36 Å². The number of nitrogens with one attached hydrogen (secondary N) is 1. The first-order valence-corrected chi connectivity index (χ1v) is 9.14. The fraction of sp³-hybridized carbons (Fsp3) is 0.118. The summed E-state index contributed by atoms with van der Waals surface area (Å²) in [7, 11) is 1.65. The van der Waals surface area contributed by atoms with Crippen LogP contribution in [-0.4, -0.2) is 14.8 Å². The molecule has 25 heavy (non-hydrogen) atoms. The van der Waals surface area contributed by atoms with Gasteiger partial charge in [0, 0.05) is 23.0 Å². The van der Waals surface area contributed by atoms with E-state index in [0.29, 0.717) is 10.9 Å². The van der Waals surface area contributed by atoms with Crippen LogP contribution < -0.4 is 10.9 Å². The van der Waals surface area contributed by atoms with Crippen LogP contribution in [0.2, 0.25) is 0 Å². The maximum absolute atomic E-state index is 12.9. The van der Waals surface area contributed by atoms with Crippen molar-refractivity contribution in [2.75, 3.05) is 5.32 Å². The Hall–Kier alpha value is -2.19. The van der Waals surface area contributed by atoms with Crippen LogP contribution in [0, 0.1) is 5.82 Å². The van der Waals surface area contributed by atoms with Crippen LogP contribution in [0.3, 0.4) is 0 Å². The summed E-state index contributed by atoms with van der Waals surface area (Å²) < 4.78 is 15.3. The molecule has 1 aromatic heterocycles. The minimum absolute atomic E-state index is 0.159. The van der Waals surface area contributed by atoms with Crippen LogP contribution >= 0.6 is 27.7 Å². The number of benzene rings is 2. The SMILES string of the molecule is Cn1c(SCc2ccc(F)cc2)nnc(Nc2cccc(Br)c2)c1=O. The molecule has 0 spiro atoms. The van der Waals surface area contributed by atoms with E-state index in [-0.39, 0.29) is 17.2 Å². The zero-order chi connectivity index (χ0) is 17.8. The van der Waals surface area contributed by atoms with Crippen molar-refractivity contribution in [3.8, 4) is 0 Å². The molecular weight excluding hydrogens is 407 g/mol. The zero-order valence-electron chi connectivity index (χ0n) is 13.2. The van der Waals surface area contributed by atoms with E-state index >= 15 is 0 Å². The van der Waals surface area contributed by atoms with E-state index in [0.717, 1.165) is 15.7 Å². The third-order valence-corrected chi connectivity index (χ3v) is 4.98. The molecule has 0 unspecified atom stereocenters. The van der Waals surface area contributed by atoms with Gasteiger partial charge in [-0.2, -0.15) is 0 Å².